The predicted octanol–water partition coefficient (Wildman–Crippen LogP) is 2.59. The van der Waals surface area contributed by atoms with Gasteiger partial charge in [-0.3, -0.25) is 14.4 Å². The molecule has 1 saturated carbocycles. The highest BCUT2D eigenvalue weighted by atomic mass is 32.1. The molecule has 0 bridgehead atoms. The number of fused-ring (bicyclic) bond motifs is 1. The van der Waals surface area contributed by atoms with Crippen molar-refractivity contribution in [2.45, 2.75) is 58.3 Å². The molecule has 2 aliphatic carbocycles. The average molecular weight is 437 g/mol. The van der Waals surface area contributed by atoms with Gasteiger partial charge in [-0.05, 0) is 44.6 Å². The smallest absolute Gasteiger partial charge is 0.341 e. The first-order valence-electron chi connectivity index (χ1n) is 10.5. The minimum absolute atomic E-state index is 0.0445. The Hall–Kier alpha value is -2.42. The van der Waals surface area contributed by atoms with Gasteiger partial charge in [0.15, 0.2) is 6.61 Å². The van der Waals surface area contributed by atoms with E-state index in [0.717, 1.165) is 61.8 Å². The van der Waals surface area contributed by atoms with E-state index in [1.807, 2.05) is 0 Å². The maximum atomic E-state index is 12.3. The summed E-state index contributed by atoms with van der Waals surface area (Å²) in [6, 6.07) is 0. The van der Waals surface area contributed by atoms with Crippen LogP contribution >= 0.6 is 11.3 Å². The third kappa shape index (κ3) is 5.59. The summed E-state index contributed by atoms with van der Waals surface area (Å²) in [5.74, 6) is -1.84. The van der Waals surface area contributed by atoms with Crippen LogP contribution in [0.1, 0.15) is 66.2 Å². The number of rotatable bonds is 8. The van der Waals surface area contributed by atoms with Gasteiger partial charge in [0, 0.05) is 10.8 Å². The van der Waals surface area contributed by atoms with Crippen molar-refractivity contribution in [2.75, 3.05) is 25.1 Å². The molecule has 2 N–H and O–H groups in total. The second-order valence-corrected chi connectivity index (χ2v) is 8.65. The molecule has 0 spiro atoms. The van der Waals surface area contributed by atoms with Crippen molar-refractivity contribution < 1.29 is 28.7 Å². The maximum absolute atomic E-state index is 12.3. The SMILES string of the molecule is CCOC(=O)c1c(NC(=O)COC(=O)CNC(=O)C2CCCCC2)sc2c1CCC2. The summed E-state index contributed by atoms with van der Waals surface area (Å²) < 4.78 is 10.1. The monoisotopic (exact) mass is 436 g/mol. The maximum Gasteiger partial charge on any atom is 0.341 e. The van der Waals surface area contributed by atoms with Crippen molar-refractivity contribution in [1.29, 1.82) is 0 Å². The molecule has 1 aromatic heterocycles. The highest BCUT2D eigenvalue weighted by Gasteiger charge is 2.28. The Morgan fingerprint density at radius 1 is 1.03 bits per heavy atom. The Labute approximate surface area is 179 Å². The van der Waals surface area contributed by atoms with Crippen molar-refractivity contribution in [3.8, 4) is 0 Å². The van der Waals surface area contributed by atoms with Crippen LogP contribution < -0.4 is 10.6 Å². The number of nitrogens with one attached hydrogen (secondary N) is 2. The van der Waals surface area contributed by atoms with Gasteiger partial charge >= 0.3 is 11.9 Å². The summed E-state index contributed by atoms with van der Waals surface area (Å²) in [5, 5.41) is 5.69. The van der Waals surface area contributed by atoms with Crippen molar-refractivity contribution >= 4 is 40.1 Å². The third-order valence-electron chi connectivity index (χ3n) is 5.40. The number of anilines is 1. The molecule has 0 atom stereocenters. The standard InChI is InChI=1S/C21H28N2O6S/c1-2-28-21(27)18-14-9-6-10-15(14)30-20(18)23-16(24)12-29-17(25)11-22-19(26)13-7-4-3-5-8-13/h13H,2-12H2,1H3,(H,22,26)(H,23,24). The molecule has 2 aliphatic rings. The topological polar surface area (TPSA) is 111 Å². The number of thiophene rings is 1. The molecule has 1 heterocycles. The van der Waals surface area contributed by atoms with Crippen LogP contribution in [0.5, 0.6) is 0 Å². The first-order valence-corrected chi connectivity index (χ1v) is 11.4. The zero-order valence-corrected chi connectivity index (χ0v) is 18.0. The molecule has 8 nitrogen and oxygen atoms in total. The molecule has 0 aliphatic heterocycles. The minimum atomic E-state index is -0.673. The van der Waals surface area contributed by atoms with Crippen LogP contribution in [0, 0.1) is 5.92 Å². The van der Waals surface area contributed by atoms with Crippen LogP contribution in [0.25, 0.3) is 0 Å². The average Bonchev–Trinajstić information content (AvgIpc) is 3.32. The first-order chi connectivity index (χ1) is 14.5. The lowest BCUT2D eigenvalue weighted by Gasteiger charge is -2.20. The second kappa shape index (κ2) is 10.6. The summed E-state index contributed by atoms with van der Waals surface area (Å²) in [6.45, 7) is 1.24. The Morgan fingerprint density at radius 2 is 1.80 bits per heavy atom. The number of hydrogen-bond acceptors (Lipinski definition) is 7. The van der Waals surface area contributed by atoms with E-state index < -0.39 is 24.5 Å². The summed E-state index contributed by atoms with van der Waals surface area (Å²) >= 11 is 1.37. The van der Waals surface area contributed by atoms with Crippen molar-refractivity contribution in [2.24, 2.45) is 5.92 Å². The fourth-order valence-electron chi connectivity index (χ4n) is 3.94. The number of carbonyl (C=O) groups is 4. The Morgan fingerprint density at radius 3 is 2.53 bits per heavy atom. The van der Waals surface area contributed by atoms with Crippen molar-refractivity contribution in [3.05, 3.63) is 16.0 Å². The van der Waals surface area contributed by atoms with Gasteiger partial charge in [0.05, 0.1) is 12.2 Å². The van der Waals surface area contributed by atoms with E-state index in [4.69, 9.17) is 9.47 Å². The van der Waals surface area contributed by atoms with Crippen LogP contribution in [-0.4, -0.2) is 43.5 Å². The van der Waals surface area contributed by atoms with Crippen LogP contribution in [0.4, 0.5) is 5.00 Å². The van der Waals surface area contributed by atoms with Gasteiger partial charge in [-0.25, -0.2) is 4.79 Å². The molecule has 0 aromatic carbocycles. The second-order valence-electron chi connectivity index (χ2n) is 7.54. The number of amides is 2. The van der Waals surface area contributed by atoms with Gasteiger partial charge in [-0.15, -0.1) is 11.3 Å². The van der Waals surface area contributed by atoms with Gasteiger partial charge in [-0.1, -0.05) is 19.3 Å². The van der Waals surface area contributed by atoms with Crippen molar-refractivity contribution in [3.63, 3.8) is 0 Å². The molecular formula is C21H28N2O6S. The number of hydrogen-bond donors (Lipinski definition) is 2. The van der Waals surface area contributed by atoms with E-state index in [2.05, 4.69) is 10.6 Å². The first kappa shape index (κ1) is 22.3. The zero-order valence-electron chi connectivity index (χ0n) is 17.2. The lowest BCUT2D eigenvalue weighted by atomic mass is 9.89. The summed E-state index contributed by atoms with van der Waals surface area (Å²) in [7, 11) is 0. The third-order valence-corrected chi connectivity index (χ3v) is 6.61. The largest absolute Gasteiger partial charge is 0.462 e. The van der Waals surface area contributed by atoms with Gasteiger partial charge in [-0.2, -0.15) is 0 Å². The van der Waals surface area contributed by atoms with Gasteiger partial charge in [0.2, 0.25) is 5.91 Å². The van der Waals surface area contributed by atoms with Crippen LogP contribution in [0.2, 0.25) is 0 Å². The van der Waals surface area contributed by atoms with Gasteiger partial charge in [0.25, 0.3) is 5.91 Å². The highest BCUT2D eigenvalue weighted by Crippen LogP contribution is 2.39. The molecule has 164 valence electrons. The quantitative estimate of drug-likeness (QED) is 0.606. The van der Waals surface area contributed by atoms with E-state index in [9.17, 15) is 19.2 Å². The highest BCUT2D eigenvalue weighted by molar-refractivity contribution is 7.17. The molecule has 1 aromatic rings. The van der Waals surface area contributed by atoms with Crippen LogP contribution in [-0.2, 0) is 36.7 Å². The lowest BCUT2D eigenvalue weighted by Crippen LogP contribution is -2.36. The molecule has 0 radical (unpaired) electrons. The zero-order chi connectivity index (χ0) is 21.5. The molecule has 2 amide bonds. The van der Waals surface area contributed by atoms with E-state index in [1.54, 1.807) is 6.92 Å². The molecule has 0 unspecified atom stereocenters. The minimum Gasteiger partial charge on any atom is -0.462 e. The van der Waals surface area contributed by atoms with E-state index >= 15 is 0 Å². The molecular weight excluding hydrogens is 408 g/mol. The number of carbonyl (C=O) groups excluding carboxylic acids is 4. The number of esters is 2. The van der Waals surface area contributed by atoms with Crippen LogP contribution in [0.3, 0.4) is 0 Å². The molecule has 9 heteroatoms. The summed E-state index contributed by atoms with van der Waals surface area (Å²) in [6.07, 6.45) is 7.53. The van der Waals surface area contributed by atoms with Gasteiger partial charge in [0.1, 0.15) is 11.5 Å². The van der Waals surface area contributed by atoms with E-state index in [-0.39, 0.29) is 25.0 Å². The fraction of sp³-hybridized carbons (Fsp3) is 0.619. The Kier molecular flexibility index (Phi) is 7.84. The molecule has 3 rings (SSSR count). The van der Waals surface area contributed by atoms with Crippen LogP contribution in [0.15, 0.2) is 0 Å². The summed E-state index contributed by atoms with van der Waals surface area (Å²) in [5.41, 5.74) is 1.35. The van der Waals surface area contributed by atoms with Gasteiger partial charge < -0.3 is 20.1 Å². The Bertz CT molecular complexity index is 813. The molecule has 0 saturated heterocycles. The number of ether oxygens (including phenoxy) is 2. The van der Waals surface area contributed by atoms with E-state index in [0.29, 0.717) is 10.6 Å². The number of aryl methyl sites for hydroxylation is 1. The lowest BCUT2D eigenvalue weighted by molar-refractivity contribution is -0.147. The normalized spacial score (nSPS) is 15.9. The summed E-state index contributed by atoms with van der Waals surface area (Å²) in [4.78, 5) is 49.6. The molecule has 30 heavy (non-hydrogen) atoms. The fourth-order valence-corrected chi connectivity index (χ4v) is 5.23. The molecule has 1 fully saturated rings. The van der Waals surface area contributed by atoms with E-state index in [1.165, 1.54) is 11.3 Å². The Balaban J connectivity index is 1.47. The predicted molar refractivity (Wildman–Crippen MR) is 111 cm³/mol. The van der Waals surface area contributed by atoms with Crippen molar-refractivity contribution in [1.82, 2.24) is 5.32 Å².